The number of anilines is 3. The van der Waals surface area contributed by atoms with Crippen molar-refractivity contribution in [2.75, 3.05) is 10.6 Å². The van der Waals surface area contributed by atoms with Crippen LogP contribution in [0.15, 0.2) is 48.5 Å². The minimum Gasteiger partial charge on any atom is -0.340 e. The first-order valence-corrected chi connectivity index (χ1v) is 8.25. The maximum absolute atomic E-state index is 13.0. The molecule has 1 aromatic heterocycles. The van der Waals surface area contributed by atoms with Gasteiger partial charge in [-0.1, -0.05) is 17.7 Å². The van der Waals surface area contributed by atoms with Gasteiger partial charge < -0.3 is 10.6 Å². The van der Waals surface area contributed by atoms with Crippen molar-refractivity contribution in [2.45, 2.75) is 13.8 Å². The van der Waals surface area contributed by atoms with Crippen molar-refractivity contribution < 1.29 is 9.18 Å². The molecule has 2 aromatic carbocycles. The zero-order valence-corrected chi connectivity index (χ0v) is 14.9. The largest absolute Gasteiger partial charge is 0.340 e. The molecule has 5 nitrogen and oxygen atoms in total. The predicted octanol–water partition coefficient (Wildman–Crippen LogP) is 4.88. The van der Waals surface area contributed by atoms with Crippen LogP contribution in [0.5, 0.6) is 0 Å². The quantitative estimate of drug-likeness (QED) is 0.686. The van der Waals surface area contributed by atoms with Gasteiger partial charge >= 0.3 is 0 Å². The standard InChI is InChI=1S/C19H16ClFN4O/c1-11-15(20)4-3-5-16(11)25-18-10-17(22-12(2)23-18)19(26)24-14-8-6-13(21)7-9-14/h3-10H,1-2H3,(H,24,26)(H,22,23,25). The van der Waals surface area contributed by atoms with Gasteiger partial charge in [0.1, 0.15) is 23.2 Å². The first-order chi connectivity index (χ1) is 12.4. The van der Waals surface area contributed by atoms with Gasteiger partial charge in [-0.05, 0) is 55.8 Å². The van der Waals surface area contributed by atoms with Crippen molar-refractivity contribution in [3.05, 3.63) is 76.5 Å². The van der Waals surface area contributed by atoms with Crippen LogP contribution in [0.4, 0.5) is 21.6 Å². The number of rotatable bonds is 4. The second-order valence-electron chi connectivity index (χ2n) is 5.68. The number of aryl methyl sites for hydroxylation is 1. The molecule has 7 heteroatoms. The highest BCUT2D eigenvalue weighted by Gasteiger charge is 2.12. The summed E-state index contributed by atoms with van der Waals surface area (Å²) in [6.07, 6.45) is 0. The van der Waals surface area contributed by atoms with E-state index in [-0.39, 0.29) is 11.5 Å². The van der Waals surface area contributed by atoms with Crippen LogP contribution in [-0.2, 0) is 0 Å². The summed E-state index contributed by atoms with van der Waals surface area (Å²) in [5, 5.41) is 6.47. The fourth-order valence-electron chi connectivity index (χ4n) is 2.36. The molecule has 132 valence electrons. The first-order valence-electron chi connectivity index (χ1n) is 7.87. The molecular formula is C19H16ClFN4O. The zero-order chi connectivity index (χ0) is 18.7. The molecule has 1 amide bonds. The van der Waals surface area contributed by atoms with Gasteiger partial charge in [-0.25, -0.2) is 14.4 Å². The van der Waals surface area contributed by atoms with Crippen LogP contribution in [-0.4, -0.2) is 15.9 Å². The van der Waals surface area contributed by atoms with E-state index in [4.69, 9.17) is 11.6 Å². The van der Waals surface area contributed by atoms with E-state index in [1.807, 2.05) is 19.1 Å². The number of hydrogen-bond donors (Lipinski definition) is 2. The number of nitrogens with zero attached hydrogens (tertiary/aromatic N) is 2. The second kappa shape index (κ2) is 7.49. The molecule has 1 heterocycles. The van der Waals surface area contributed by atoms with Crippen molar-refractivity contribution >= 4 is 34.7 Å². The molecule has 0 radical (unpaired) electrons. The average molecular weight is 371 g/mol. The highest BCUT2D eigenvalue weighted by molar-refractivity contribution is 6.31. The Labute approximate surface area is 155 Å². The molecule has 0 atom stereocenters. The van der Waals surface area contributed by atoms with E-state index in [0.717, 1.165) is 11.3 Å². The lowest BCUT2D eigenvalue weighted by molar-refractivity contribution is 0.102. The monoisotopic (exact) mass is 370 g/mol. The fraction of sp³-hybridized carbons (Fsp3) is 0.105. The molecule has 0 unspecified atom stereocenters. The Hall–Kier alpha value is -2.99. The van der Waals surface area contributed by atoms with E-state index in [1.165, 1.54) is 24.3 Å². The smallest absolute Gasteiger partial charge is 0.274 e. The minimum absolute atomic E-state index is 0.198. The minimum atomic E-state index is -0.409. The fourth-order valence-corrected chi connectivity index (χ4v) is 2.53. The maximum Gasteiger partial charge on any atom is 0.274 e. The molecule has 2 N–H and O–H groups in total. The molecule has 26 heavy (non-hydrogen) atoms. The summed E-state index contributed by atoms with van der Waals surface area (Å²) in [5.41, 5.74) is 2.35. The Morgan fingerprint density at radius 1 is 1.08 bits per heavy atom. The third-order valence-electron chi connectivity index (χ3n) is 3.70. The third-order valence-corrected chi connectivity index (χ3v) is 4.11. The predicted molar refractivity (Wildman–Crippen MR) is 101 cm³/mol. The number of amides is 1. The molecule has 0 fully saturated rings. The lowest BCUT2D eigenvalue weighted by Crippen LogP contribution is -2.15. The summed E-state index contributed by atoms with van der Waals surface area (Å²) in [6.45, 7) is 3.59. The van der Waals surface area contributed by atoms with Crippen molar-refractivity contribution in [1.29, 1.82) is 0 Å². The van der Waals surface area contributed by atoms with Gasteiger partial charge in [0.2, 0.25) is 0 Å². The van der Waals surface area contributed by atoms with Gasteiger partial charge in [-0.2, -0.15) is 0 Å². The van der Waals surface area contributed by atoms with E-state index in [9.17, 15) is 9.18 Å². The van der Waals surface area contributed by atoms with E-state index in [1.54, 1.807) is 19.1 Å². The average Bonchev–Trinajstić information content (AvgIpc) is 2.60. The Morgan fingerprint density at radius 3 is 2.54 bits per heavy atom. The lowest BCUT2D eigenvalue weighted by atomic mass is 10.2. The number of aromatic nitrogens is 2. The van der Waals surface area contributed by atoms with Crippen molar-refractivity contribution in [1.82, 2.24) is 9.97 Å². The molecule has 3 aromatic rings. The summed E-state index contributed by atoms with van der Waals surface area (Å²) in [4.78, 5) is 20.9. The van der Waals surface area contributed by atoms with Gasteiger partial charge in [0, 0.05) is 22.5 Å². The normalized spacial score (nSPS) is 10.5. The Morgan fingerprint density at radius 2 is 1.81 bits per heavy atom. The third kappa shape index (κ3) is 4.15. The number of hydrogen-bond acceptors (Lipinski definition) is 4. The van der Waals surface area contributed by atoms with Crippen LogP contribution < -0.4 is 10.6 Å². The number of nitrogens with one attached hydrogen (secondary N) is 2. The SMILES string of the molecule is Cc1nc(Nc2cccc(Cl)c2C)cc(C(=O)Nc2ccc(F)cc2)n1. The Kier molecular flexibility index (Phi) is 5.14. The Bertz CT molecular complexity index is 960. The van der Waals surface area contributed by atoms with E-state index < -0.39 is 5.91 Å². The van der Waals surface area contributed by atoms with Gasteiger partial charge in [0.05, 0.1) is 0 Å². The van der Waals surface area contributed by atoms with Crippen LogP contribution >= 0.6 is 11.6 Å². The van der Waals surface area contributed by atoms with Crippen LogP contribution in [0.1, 0.15) is 21.9 Å². The summed E-state index contributed by atoms with van der Waals surface area (Å²) >= 11 is 6.13. The van der Waals surface area contributed by atoms with E-state index in [2.05, 4.69) is 20.6 Å². The first kappa shape index (κ1) is 17.8. The molecule has 0 aliphatic rings. The topological polar surface area (TPSA) is 66.9 Å². The van der Waals surface area contributed by atoms with Gasteiger partial charge in [0.25, 0.3) is 5.91 Å². The summed E-state index contributed by atoms with van der Waals surface area (Å²) in [7, 11) is 0. The van der Waals surface area contributed by atoms with Gasteiger partial charge in [0.15, 0.2) is 0 Å². The molecule has 0 saturated heterocycles. The molecule has 0 bridgehead atoms. The zero-order valence-electron chi connectivity index (χ0n) is 14.2. The molecule has 0 aliphatic carbocycles. The number of carbonyl (C=O) groups is 1. The number of halogens is 2. The van der Waals surface area contributed by atoms with Crippen molar-refractivity contribution in [3.8, 4) is 0 Å². The number of carbonyl (C=O) groups excluding carboxylic acids is 1. The summed E-state index contributed by atoms with van der Waals surface area (Å²) in [5.74, 6) is 0.142. The van der Waals surface area contributed by atoms with Gasteiger partial charge in [-0.3, -0.25) is 4.79 Å². The van der Waals surface area contributed by atoms with Crippen LogP contribution in [0.3, 0.4) is 0 Å². The van der Waals surface area contributed by atoms with E-state index in [0.29, 0.717) is 22.4 Å². The van der Waals surface area contributed by atoms with Crippen LogP contribution in [0.25, 0.3) is 0 Å². The highest BCUT2D eigenvalue weighted by Crippen LogP contribution is 2.25. The van der Waals surface area contributed by atoms with Crippen LogP contribution in [0.2, 0.25) is 5.02 Å². The van der Waals surface area contributed by atoms with E-state index >= 15 is 0 Å². The second-order valence-corrected chi connectivity index (χ2v) is 6.09. The van der Waals surface area contributed by atoms with Gasteiger partial charge in [-0.15, -0.1) is 0 Å². The molecular weight excluding hydrogens is 355 g/mol. The molecule has 0 saturated carbocycles. The molecule has 3 rings (SSSR count). The summed E-state index contributed by atoms with van der Waals surface area (Å²) < 4.78 is 13.0. The van der Waals surface area contributed by atoms with Crippen molar-refractivity contribution in [2.24, 2.45) is 0 Å². The van der Waals surface area contributed by atoms with Crippen molar-refractivity contribution in [3.63, 3.8) is 0 Å². The number of benzene rings is 2. The van der Waals surface area contributed by atoms with Crippen LogP contribution in [0, 0.1) is 19.7 Å². The lowest BCUT2D eigenvalue weighted by Gasteiger charge is -2.12. The Balaban J connectivity index is 1.84. The summed E-state index contributed by atoms with van der Waals surface area (Å²) in [6, 6.07) is 12.6. The maximum atomic E-state index is 13.0. The molecule has 0 spiro atoms. The molecule has 0 aliphatic heterocycles. The highest BCUT2D eigenvalue weighted by atomic mass is 35.5.